The van der Waals surface area contributed by atoms with Gasteiger partial charge in [-0.2, -0.15) is 0 Å². The maximum atomic E-state index is 12.3. The van der Waals surface area contributed by atoms with Crippen molar-refractivity contribution in [1.82, 2.24) is 0 Å². The van der Waals surface area contributed by atoms with Gasteiger partial charge in [-0.1, -0.05) is 31.1 Å². The number of ketones is 2. The molecule has 0 amide bonds. The van der Waals surface area contributed by atoms with Crippen molar-refractivity contribution in [3.63, 3.8) is 0 Å². The fourth-order valence-electron chi connectivity index (χ4n) is 6.46. The number of hydrogen-bond acceptors (Lipinski definition) is 4. The van der Waals surface area contributed by atoms with Crippen molar-refractivity contribution in [1.29, 1.82) is 0 Å². The monoisotopic (exact) mass is 344 g/mol. The van der Waals surface area contributed by atoms with Crippen LogP contribution in [0.3, 0.4) is 0 Å². The lowest BCUT2D eigenvalue weighted by Crippen LogP contribution is -2.55. The maximum Gasteiger partial charge on any atom is 0.190 e. The zero-order valence-corrected chi connectivity index (χ0v) is 15.2. The van der Waals surface area contributed by atoms with E-state index in [1.807, 2.05) is 13.0 Å². The van der Waals surface area contributed by atoms with Crippen LogP contribution in [0, 0.1) is 22.7 Å². The normalized spacial score (nSPS) is 45.8. The number of Topliss-reactive ketones (excluding diaryl/α,β-unsaturated/α-hetero) is 1. The molecule has 4 heteroatoms. The molecule has 0 saturated heterocycles. The first-order valence-corrected chi connectivity index (χ1v) is 9.57. The van der Waals surface area contributed by atoms with Crippen LogP contribution in [0.15, 0.2) is 23.3 Å². The molecular weight excluding hydrogens is 316 g/mol. The van der Waals surface area contributed by atoms with E-state index in [1.165, 1.54) is 11.1 Å². The number of aliphatic hydroxyl groups excluding tert-OH is 1. The molecule has 4 aliphatic carbocycles. The third-order valence-corrected chi connectivity index (χ3v) is 8.09. The van der Waals surface area contributed by atoms with Crippen molar-refractivity contribution in [2.45, 2.75) is 64.4 Å². The number of aliphatic hydroxyl groups is 2. The molecule has 0 aromatic carbocycles. The van der Waals surface area contributed by atoms with E-state index in [2.05, 4.69) is 13.0 Å². The largest absolute Gasteiger partial charge is 0.388 e. The minimum Gasteiger partial charge on any atom is -0.388 e. The summed E-state index contributed by atoms with van der Waals surface area (Å²) in [6.45, 7) is 3.71. The molecule has 25 heavy (non-hydrogen) atoms. The van der Waals surface area contributed by atoms with Crippen LogP contribution in [-0.2, 0) is 9.59 Å². The summed E-state index contributed by atoms with van der Waals surface area (Å²) in [5.74, 6) is 0.454. The Morgan fingerprint density at radius 1 is 1.24 bits per heavy atom. The second-order valence-corrected chi connectivity index (χ2v) is 8.98. The molecule has 136 valence electrons. The van der Waals surface area contributed by atoms with Gasteiger partial charge in [0, 0.05) is 17.3 Å². The fourth-order valence-corrected chi connectivity index (χ4v) is 6.46. The quantitative estimate of drug-likeness (QED) is 0.756. The van der Waals surface area contributed by atoms with Gasteiger partial charge >= 0.3 is 0 Å². The molecular formula is C21H28O4. The average molecular weight is 344 g/mol. The highest BCUT2D eigenvalue weighted by molar-refractivity contribution is 5.92. The first-order valence-electron chi connectivity index (χ1n) is 9.57. The van der Waals surface area contributed by atoms with Crippen LogP contribution >= 0.6 is 0 Å². The van der Waals surface area contributed by atoms with Gasteiger partial charge in [0.15, 0.2) is 11.6 Å². The standard InChI is InChI=1S/C21H28O4/c1-19-8-5-14(23)11-13(19)3-4-15-16(19)6-9-20(2)17(15)7-10-21(20,25)18(24)12-22/h6,11,15,17,22,25H,3-5,7-10,12H2,1-2H3/t15-,17+,19+,20+,21+/m1/s1. The van der Waals surface area contributed by atoms with E-state index in [9.17, 15) is 19.8 Å². The van der Waals surface area contributed by atoms with Gasteiger partial charge in [-0.25, -0.2) is 0 Å². The molecule has 2 N–H and O–H groups in total. The van der Waals surface area contributed by atoms with Gasteiger partial charge in [0.25, 0.3) is 0 Å². The van der Waals surface area contributed by atoms with Crippen molar-refractivity contribution < 1.29 is 19.8 Å². The van der Waals surface area contributed by atoms with Gasteiger partial charge in [-0.15, -0.1) is 0 Å². The van der Waals surface area contributed by atoms with Crippen LogP contribution in [0.25, 0.3) is 0 Å². The van der Waals surface area contributed by atoms with Crippen molar-refractivity contribution in [3.05, 3.63) is 23.3 Å². The topological polar surface area (TPSA) is 74.6 Å². The molecule has 4 rings (SSSR count). The number of carbonyl (C=O) groups excluding carboxylic acids is 2. The lowest BCUT2D eigenvalue weighted by Gasteiger charge is -2.54. The number of hydrogen-bond donors (Lipinski definition) is 2. The van der Waals surface area contributed by atoms with Crippen LogP contribution in [0.2, 0.25) is 0 Å². The van der Waals surface area contributed by atoms with Crippen LogP contribution in [0.4, 0.5) is 0 Å². The fraction of sp³-hybridized carbons (Fsp3) is 0.714. The Morgan fingerprint density at radius 2 is 2.00 bits per heavy atom. The molecule has 4 aliphatic rings. The Morgan fingerprint density at radius 3 is 2.72 bits per heavy atom. The van der Waals surface area contributed by atoms with Gasteiger partial charge in [0.1, 0.15) is 12.2 Å². The zero-order chi connectivity index (χ0) is 18.0. The minimum absolute atomic E-state index is 0.0279. The highest BCUT2D eigenvalue weighted by Crippen LogP contribution is 2.65. The SMILES string of the molecule is C[C@]12CCC(=O)C=C1CC[C@@H]1C2=CC[C@@]2(C)[C@H]1CC[C@]2(O)C(=O)CO. The molecule has 0 aromatic heterocycles. The van der Waals surface area contributed by atoms with E-state index in [1.54, 1.807) is 0 Å². The van der Waals surface area contributed by atoms with Crippen molar-refractivity contribution in [2.24, 2.45) is 22.7 Å². The Kier molecular flexibility index (Phi) is 3.69. The second kappa shape index (κ2) is 5.37. The summed E-state index contributed by atoms with van der Waals surface area (Å²) in [6, 6.07) is 0. The zero-order valence-electron chi connectivity index (χ0n) is 15.2. The first-order chi connectivity index (χ1) is 11.8. The molecule has 0 unspecified atom stereocenters. The van der Waals surface area contributed by atoms with E-state index in [4.69, 9.17) is 0 Å². The van der Waals surface area contributed by atoms with Crippen LogP contribution in [0.5, 0.6) is 0 Å². The summed E-state index contributed by atoms with van der Waals surface area (Å²) < 4.78 is 0. The van der Waals surface area contributed by atoms with Crippen molar-refractivity contribution in [2.75, 3.05) is 6.61 Å². The molecule has 4 nitrogen and oxygen atoms in total. The number of rotatable bonds is 2. The predicted molar refractivity (Wildman–Crippen MR) is 93.7 cm³/mol. The minimum atomic E-state index is -1.41. The molecule has 2 saturated carbocycles. The first kappa shape index (κ1) is 17.2. The molecule has 5 atom stereocenters. The van der Waals surface area contributed by atoms with Crippen LogP contribution in [0.1, 0.15) is 58.8 Å². The smallest absolute Gasteiger partial charge is 0.190 e. The summed E-state index contributed by atoms with van der Waals surface area (Å²) >= 11 is 0. The lowest BCUT2D eigenvalue weighted by molar-refractivity contribution is -0.155. The number of allylic oxidation sites excluding steroid dienone is 4. The van der Waals surface area contributed by atoms with Gasteiger partial charge in [0.2, 0.25) is 0 Å². The van der Waals surface area contributed by atoms with Crippen molar-refractivity contribution in [3.8, 4) is 0 Å². The summed E-state index contributed by atoms with van der Waals surface area (Å²) in [6.07, 6.45) is 9.48. The van der Waals surface area contributed by atoms with E-state index in [0.29, 0.717) is 25.2 Å². The highest BCUT2D eigenvalue weighted by Gasteiger charge is 2.64. The van der Waals surface area contributed by atoms with E-state index >= 15 is 0 Å². The summed E-state index contributed by atoms with van der Waals surface area (Å²) in [5, 5.41) is 20.5. The summed E-state index contributed by atoms with van der Waals surface area (Å²) in [7, 11) is 0. The van der Waals surface area contributed by atoms with Crippen molar-refractivity contribution >= 4 is 11.6 Å². The van der Waals surface area contributed by atoms with Crippen LogP contribution < -0.4 is 0 Å². The Labute approximate surface area is 149 Å². The van der Waals surface area contributed by atoms with Gasteiger partial charge in [0.05, 0.1) is 0 Å². The molecule has 0 radical (unpaired) electrons. The van der Waals surface area contributed by atoms with Gasteiger partial charge in [-0.3, -0.25) is 9.59 Å². The Hall–Kier alpha value is -1.26. The van der Waals surface area contributed by atoms with Crippen LogP contribution in [-0.4, -0.2) is 34.0 Å². The number of carbonyl (C=O) groups is 2. The van der Waals surface area contributed by atoms with E-state index in [0.717, 1.165) is 25.7 Å². The number of fused-ring (bicyclic) bond motifs is 5. The predicted octanol–water partition coefficient (Wildman–Crippen LogP) is 2.73. The third-order valence-electron chi connectivity index (χ3n) is 8.09. The Bertz CT molecular complexity index is 705. The molecule has 2 fully saturated rings. The summed E-state index contributed by atoms with van der Waals surface area (Å²) in [4.78, 5) is 24.2. The van der Waals surface area contributed by atoms with E-state index in [-0.39, 0.29) is 17.1 Å². The average Bonchev–Trinajstić information content (AvgIpc) is 2.87. The third kappa shape index (κ3) is 2.07. The Balaban J connectivity index is 1.75. The second-order valence-electron chi connectivity index (χ2n) is 8.98. The molecule has 0 heterocycles. The molecule has 0 spiro atoms. The molecule has 0 aliphatic heterocycles. The highest BCUT2D eigenvalue weighted by atomic mass is 16.3. The molecule has 0 aromatic rings. The van der Waals surface area contributed by atoms with E-state index < -0.39 is 23.4 Å². The molecule has 0 bridgehead atoms. The van der Waals surface area contributed by atoms with Gasteiger partial charge in [-0.05, 0) is 56.4 Å². The maximum absolute atomic E-state index is 12.3. The lowest BCUT2D eigenvalue weighted by atomic mass is 9.50. The van der Waals surface area contributed by atoms with Gasteiger partial charge < -0.3 is 10.2 Å². The summed E-state index contributed by atoms with van der Waals surface area (Å²) in [5.41, 5.74) is 0.770.